The van der Waals surface area contributed by atoms with E-state index in [0.29, 0.717) is 24.1 Å². The Kier molecular flexibility index (Phi) is 7.12. The predicted octanol–water partition coefficient (Wildman–Crippen LogP) is 6.46. The first-order chi connectivity index (χ1) is 16.9. The van der Waals surface area contributed by atoms with E-state index < -0.39 is 0 Å². The van der Waals surface area contributed by atoms with Crippen LogP contribution in [0.4, 0.5) is 0 Å². The summed E-state index contributed by atoms with van der Waals surface area (Å²) >= 11 is 6.30. The van der Waals surface area contributed by atoms with E-state index in [4.69, 9.17) is 26.4 Å². The summed E-state index contributed by atoms with van der Waals surface area (Å²) < 4.78 is 8.03. The summed E-state index contributed by atoms with van der Waals surface area (Å²) in [5, 5.41) is 5.56. The van der Waals surface area contributed by atoms with Gasteiger partial charge in [-0.25, -0.2) is 4.98 Å². The zero-order valence-corrected chi connectivity index (χ0v) is 21.6. The van der Waals surface area contributed by atoms with E-state index in [1.165, 1.54) is 37.9 Å². The Morgan fingerprint density at radius 2 is 1.86 bits per heavy atom. The fraction of sp³-hybridized carbons (Fsp3) is 0.429. The number of halogens is 1. The van der Waals surface area contributed by atoms with Crippen LogP contribution in [0.3, 0.4) is 0 Å². The molecule has 1 fully saturated rings. The van der Waals surface area contributed by atoms with Gasteiger partial charge >= 0.3 is 0 Å². The smallest absolute Gasteiger partial charge is 0.159 e. The molecule has 2 aromatic carbocycles. The van der Waals surface area contributed by atoms with E-state index >= 15 is 0 Å². The molecule has 7 heteroatoms. The number of rotatable bonds is 8. The summed E-state index contributed by atoms with van der Waals surface area (Å²) in [5.74, 6) is 2.09. The number of nitrogens with one attached hydrogen (secondary N) is 1. The Morgan fingerprint density at radius 3 is 2.66 bits per heavy atom. The van der Waals surface area contributed by atoms with Gasteiger partial charge in [0.1, 0.15) is 11.4 Å². The highest BCUT2D eigenvalue weighted by atomic mass is 35.5. The average Bonchev–Trinajstić information content (AvgIpc) is 3.42. The van der Waals surface area contributed by atoms with E-state index in [1.807, 2.05) is 22.9 Å². The summed E-state index contributed by atoms with van der Waals surface area (Å²) in [6.07, 6.45) is 3.97. The van der Waals surface area contributed by atoms with Crippen LogP contribution in [0.2, 0.25) is 5.02 Å². The van der Waals surface area contributed by atoms with Crippen molar-refractivity contribution >= 4 is 22.6 Å². The third-order valence-corrected chi connectivity index (χ3v) is 6.77. The monoisotopic (exact) mass is 491 g/mol. The van der Waals surface area contributed by atoms with Gasteiger partial charge in [-0.05, 0) is 80.7 Å². The van der Waals surface area contributed by atoms with Crippen molar-refractivity contribution in [2.24, 2.45) is 5.92 Å². The number of H-pyrrole nitrogens is 1. The molecule has 6 nitrogen and oxygen atoms in total. The lowest BCUT2D eigenvalue weighted by molar-refractivity contribution is 0.221. The first kappa shape index (κ1) is 23.9. The van der Waals surface area contributed by atoms with Crippen molar-refractivity contribution in [2.75, 3.05) is 19.7 Å². The Morgan fingerprint density at radius 1 is 1.03 bits per heavy atom. The molecule has 0 atom stereocenters. The van der Waals surface area contributed by atoms with Gasteiger partial charge in [0.2, 0.25) is 0 Å². The molecule has 0 radical (unpaired) electrons. The van der Waals surface area contributed by atoms with E-state index in [1.54, 1.807) is 0 Å². The molecular formula is C28H34ClN5O. The normalized spacial score (nSPS) is 14.8. The van der Waals surface area contributed by atoms with Crippen molar-refractivity contribution in [3.05, 3.63) is 64.3 Å². The van der Waals surface area contributed by atoms with Crippen molar-refractivity contribution in [3.63, 3.8) is 0 Å². The van der Waals surface area contributed by atoms with E-state index in [-0.39, 0.29) is 0 Å². The zero-order chi connectivity index (χ0) is 24.4. The summed E-state index contributed by atoms with van der Waals surface area (Å²) in [6, 6.07) is 14.4. The molecule has 35 heavy (non-hydrogen) atoms. The van der Waals surface area contributed by atoms with Gasteiger partial charge in [0.15, 0.2) is 5.82 Å². The van der Waals surface area contributed by atoms with Gasteiger partial charge in [-0.2, -0.15) is 5.10 Å². The number of hydrogen-bond acceptors (Lipinski definition) is 4. The number of aromatic amines is 1. The maximum atomic E-state index is 6.30. The lowest BCUT2D eigenvalue weighted by atomic mass is 10.1. The van der Waals surface area contributed by atoms with Crippen molar-refractivity contribution in [1.82, 2.24) is 24.6 Å². The minimum atomic E-state index is 0.449. The van der Waals surface area contributed by atoms with E-state index in [0.717, 1.165) is 46.1 Å². The first-order valence-electron chi connectivity index (χ1n) is 12.6. The highest BCUT2D eigenvalue weighted by Gasteiger charge is 2.15. The second-order valence-corrected chi connectivity index (χ2v) is 10.5. The molecule has 0 spiro atoms. The molecule has 0 unspecified atom stereocenters. The molecular weight excluding hydrogens is 458 g/mol. The number of aryl methyl sites for hydroxylation is 1. The van der Waals surface area contributed by atoms with Crippen LogP contribution in [0.15, 0.2) is 42.5 Å². The van der Waals surface area contributed by atoms with Crippen molar-refractivity contribution in [2.45, 2.75) is 53.1 Å². The number of nitrogens with zero attached hydrogens (tertiary/aromatic N) is 4. The number of likely N-dealkylation sites (tertiary alicyclic amines) is 1. The van der Waals surface area contributed by atoms with Crippen molar-refractivity contribution < 1.29 is 4.74 Å². The summed E-state index contributed by atoms with van der Waals surface area (Å²) in [6.45, 7) is 11.0. The number of piperidine rings is 1. The van der Waals surface area contributed by atoms with Crippen LogP contribution in [-0.4, -0.2) is 44.3 Å². The minimum Gasteiger partial charge on any atom is -0.493 e. The summed E-state index contributed by atoms with van der Waals surface area (Å²) in [4.78, 5) is 10.9. The van der Waals surface area contributed by atoms with Crippen molar-refractivity contribution in [1.29, 1.82) is 0 Å². The van der Waals surface area contributed by atoms with Gasteiger partial charge in [0.25, 0.3) is 0 Å². The number of aromatic nitrogens is 4. The molecule has 184 valence electrons. The molecule has 1 aliphatic heterocycles. The standard InChI is InChI=1S/C28H34ClN5O/c1-19(2)18-35-27-10-8-23(29)15-22(27)17-34-20(3)13-26(32-34)28-30-24-9-7-21(14-25(24)31-28)16-33-11-5-4-6-12-33/h7-10,13-15,19H,4-6,11-12,16-18H2,1-3H3,(H,30,31). The molecule has 5 rings (SSSR count). The third-order valence-electron chi connectivity index (χ3n) is 6.54. The lowest BCUT2D eigenvalue weighted by Gasteiger charge is -2.26. The van der Waals surface area contributed by atoms with Gasteiger partial charge in [-0.1, -0.05) is 37.9 Å². The van der Waals surface area contributed by atoms with Crippen molar-refractivity contribution in [3.8, 4) is 17.3 Å². The fourth-order valence-electron chi connectivity index (χ4n) is 4.67. The molecule has 0 amide bonds. The van der Waals surface area contributed by atoms with Crippen LogP contribution >= 0.6 is 11.6 Å². The van der Waals surface area contributed by atoms with Crippen LogP contribution in [-0.2, 0) is 13.1 Å². The molecule has 3 heterocycles. The lowest BCUT2D eigenvalue weighted by Crippen LogP contribution is -2.29. The largest absolute Gasteiger partial charge is 0.493 e. The minimum absolute atomic E-state index is 0.449. The third kappa shape index (κ3) is 5.71. The molecule has 0 saturated carbocycles. The summed E-state index contributed by atoms with van der Waals surface area (Å²) in [7, 11) is 0. The Labute approximate surface area is 212 Å². The second kappa shape index (κ2) is 10.4. The number of benzene rings is 2. The quantitative estimate of drug-likeness (QED) is 0.307. The van der Waals surface area contributed by atoms with Crippen LogP contribution in [0.1, 0.15) is 49.9 Å². The first-order valence-corrected chi connectivity index (χ1v) is 13.0. The van der Waals surface area contributed by atoms with E-state index in [2.05, 4.69) is 54.9 Å². The van der Waals surface area contributed by atoms with Gasteiger partial charge in [-0.3, -0.25) is 9.58 Å². The molecule has 1 saturated heterocycles. The molecule has 4 aromatic rings. The summed E-state index contributed by atoms with van der Waals surface area (Å²) in [5.41, 5.74) is 6.26. The maximum absolute atomic E-state index is 6.30. The van der Waals surface area contributed by atoms with Gasteiger partial charge < -0.3 is 9.72 Å². The van der Waals surface area contributed by atoms with Crippen LogP contribution in [0.5, 0.6) is 5.75 Å². The number of hydrogen-bond donors (Lipinski definition) is 1. The highest BCUT2D eigenvalue weighted by Crippen LogP contribution is 2.27. The van der Waals surface area contributed by atoms with Gasteiger partial charge in [-0.15, -0.1) is 0 Å². The van der Waals surface area contributed by atoms with Crippen LogP contribution in [0.25, 0.3) is 22.6 Å². The fourth-order valence-corrected chi connectivity index (χ4v) is 4.86. The molecule has 1 aliphatic rings. The molecule has 0 bridgehead atoms. The predicted molar refractivity (Wildman–Crippen MR) is 142 cm³/mol. The van der Waals surface area contributed by atoms with Crippen LogP contribution in [0, 0.1) is 12.8 Å². The van der Waals surface area contributed by atoms with Gasteiger partial charge in [0.05, 0.1) is 24.2 Å². The Hall–Kier alpha value is -2.83. The van der Waals surface area contributed by atoms with Crippen LogP contribution < -0.4 is 4.74 Å². The highest BCUT2D eigenvalue weighted by molar-refractivity contribution is 6.30. The molecule has 0 aliphatic carbocycles. The topological polar surface area (TPSA) is 59.0 Å². The zero-order valence-electron chi connectivity index (χ0n) is 20.9. The maximum Gasteiger partial charge on any atom is 0.159 e. The molecule has 2 aromatic heterocycles. The Balaban J connectivity index is 1.36. The SMILES string of the molecule is Cc1cc(-c2nc3ccc(CN4CCCCC4)cc3[nH]2)nn1Cc1cc(Cl)ccc1OCC(C)C. The molecule has 1 N–H and O–H groups in total. The number of imidazole rings is 1. The van der Waals surface area contributed by atoms with Gasteiger partial charge in [0, 0.05) is 22.8 Å². The second-order valence-electron chi connectivity index (χ2n) is 10.1. The average molecular weight is 492 g/mol. The Bertz CT molecular complexity index is 1300. The van der Waals surface area contributed by atoms with E-state index in [9.17, 15) is 0 Å². The number of fused-ring (bicyclic) bond motifs is 1. The number of ether oxygens (including phenoxy) is 1.